The van der Waals surface area contributed by atoms with E-state index >= 15 is 0 Å². The van der Waals surface area contributed by atoms with Crippen molar-refractivity contribution in [2.45, 2.75) is 53.1 Å². The van der Waals surface area contributed by atoms with E-state index in [9.17, 15) is 18.0 Å². The van der Waals surface area contributed by atoms with Crippen molar-refractivity contribution in [2.75, 3.05) is 30.8 Å². The third-order valence-electron chi connectivity index (χ3n) is 5.79. The number of para-hydroxylation sites is 2. The van der Waals surface area contributed by atoms with E-state index in [-0.39, 0.29) is 31.2 Å². The summed E-state index contributed by atoms with van der Waals surface area (Å²) in [4.78, 5) is 27.7. The monoisotopic (exact) mass is 517 g/mol. The number of carbonyl (C=O) groups is 2. The van der Waals surface area contributed by atoms with Crippen LogP contribution >= 0.6 is 0 Å². The molecule has 8 nitrogen and oxygen atoms in total. The lowest BCUT2D eigenvalue weighted by Crippen LogP contribution is -2.48. The highest BCUT2D eigenvalue weighted by molar-refractivity contribution is 7.92. The van der Waals surface area contributed by atoms with E-state index in [2.05, 4.69) is 5.32 Å². The lowest BCUT2D eigenvalue weighted by atomic mass is 10.1. The maximum atomic E-state index is 13.4. The molecular formula is C27H39N3O5S. The molecule has 0 bridgehead atoms. The van der Waals surface area contributed by atoms with Gasteiger partial charge in [0.2, 0.25) is 21.8 Å². The van der Waals surface area contributed by atoms with Crippen LogP contribution in [0.15, 0.2) is 48.5 Å². The van der Waals surface area contributed by atoms with E-state index in [0.717, 1.165) is 17.4 Å². The number of nitrogens with zero attached hydrogens (tertiary/aromatic N) is 2. The molecule has 0 saturated carbocycles. The fourth-order valence-electron chi connectivity index (χ4n) is 3.86. The van der Waals surface area contributed by atoms with Gasteiger partial charge in [-0.1, -0.05) is 55.8 Å². The number of hydrogen-bond acceptors (Lipinski definition) is 5. The molecule has 9 heteroatoms. The third-order valence-corrected chi connectivity index (χ3v) is 6.97. The molecule has 0 aromatic heterocycles. The van der Waals surface area contributed by atoms with Crippen LogP contribution in [0.25, 0.3) is 0 Å². The lowest BCUT2D eigenvalue weighted by molar-refractivity contribution is -0.140. The Morgan fingerprint density at radius 1 is 1.06 bits per heavy atom. The smallest absolute Gasteiger partial charge is 0.242 e. The minimum absolute atomic E-state index is 0.0920. The molecule has 2 rings (SSSR count). The first-order valence-corrected chi connectivity index (χ1v) is 14.0. The zero-order valence-corrected chi connectivity index (χ0v) is 23.0. The zero-order chi connectivity index (χ0) is 26.9. The standard InChI is InChI=1S/C27H39N3O5S/c1-20(2)18-28-27(32)22(4)29(19-23-12-9-11-21(3)17-23)26(31)15-10-16-30(36(6,33)34)24-13-7-8-14-25(24)35-5/h7-9,11-14,17,20,22H,10,15-16,18-19H2,1-6H3,(H,28,32)/t22-/m0/s1. The number of aryl methyl sites for hydroxylation is 1. The molecule has 1 atom stereocenters. The van der Waals surface area contributed by atoms with Crippen LogP contribution in [-0.4, -0.2) is 57.6 Å². The van der Waals surface area contributed by atoms with Gasteiger partial charge in [0.25, 0.3) is 0 Å². The van der Waals surface area contributed by atoms with Crippen LogP contribution in [0, 0.1) is 12.8 Å². The summed E-state index contributed by atoms with van der Waals surface area (Å²) >= 11 is 0. The van der Waals surface area contributed by atoms with Gasteiger partial charge in [-0.15, -0.1) is 0 Å². The van der Waals surface area contributed by atoms with Crippen LogP contribution in [0.4, 0.5) is 5.69 Å². The van der Waals surface area contributed by atoms with Crippen LogP contribution in [0.2, 0.25) is 0 Å². The molecule has 198 valence electrons. The van der Waals surface area contributed by atoms with Gasteiger partial charge in [0.15, 0.2) is 0 Å². The summed E-state index contributed by atoms with van der Waals surface area (Å²) in [5, 5.41) is 2.91. The van der Waals surface area contributed by atoms with Gasteiger partial charge in [0.1, 0.15) is 11.8 Å². The Kier molecular flexibility index (Phi) is 10.8. The first-order valence-electron chi connectivity index (χ1n) is 12.2. The molecule has 36 heavy (non-hydrogen) atoms. The number of sulfonamides is 1. The topological polar surface area (TPSA) is 96.0 Å². The minimum Gasteiger partial charge on any atom is -0.495 e. The maximum absolute atomic E-state index is 13.4. The zero-order valence-electron chi connectivity index (χ0n) is 22.2. The number of carbonyl (C=O) groups excluding carboxylic acids is 2. The summed E-state index contributed by atoms with van der Waals surface area (Å²) in [6.07, 6.45) is 1.51. The first kappa shape index (κ1) is 29.2. The summed E-state index contributed by atoms with van der Waals surface area (Å²) in [5.41, 5.74) is 2.42. The summed E-state index contributed by atoms with van der Waals surface area (Å²) in [6, 6.07) is 14.0. The van der Waals surface area contributed by atoms with E-state index in [0.29, 0.717) is 30.4 Å². The number of rotatable bonds is 13. The molecule has 0 saturated heterocycles. The van der Waals surface area contributed by atoms with E-state index in [1.807, 2.05) is 45.0 Å². The number of nitrogens with one attached hydrogen (secondary N) is 1. The van der Waals surface area contributed by atoms with Crippen molar-refractivity contribution in [2.24, 2.45) is 5.92 Å². The van der Waals surface area contributed by atoms with Gasteiger partial charge in [-0.2, -0.15) is 0 Å². The Bertz CT molecular complexity index is 1130. The van der Waals surface area contributed by atoms with Crippen molar-refractivity contribution in [3.05, 3.63) is 59.7 Å². The molecule has 0 heterocycles. The van der Waals surface area contributed by atoms with E-state index in [1.165, 1.54) is 11.4 Å². The molecule has 1 N–H and O–H groups in total. The summed E-state index contributed by atoms with van der Waals surface area (Å²) in [5.74, 6) is 0.304. The summed E-state index contributed by atoms with van der Waals surface area (Å²) in [6.45, 7) is 8.65. The maximum Gasteiger partial charge on any atom is 0.242 e. The number of ether oxygens (including phenoxy) is 1. The fraction of sp³-hybridized carbons (Fsp3) is 0.481. The van der Waals surface area contributed by atoms with E-state index in [4.69, 9.17) is 4.74 Å². The van der Waals surface area contributed by atoms with Gasteiger partial charge >= 0.3 is 0 Å². The largest absolute Gasteiger partial charge is 0.495 e. The highest BCUT2D eigenvalue weighted by Crippen LogP contribution is 2.29. The number of methoxy groups -OCH3 is 1. The second kappa shape index (κ2) is 13.3. The SMILES string of the molecule is COc1ccccc1N(CCCC(=O)N(Cc1cccc(C)c1)[C@@H](C)C(=O)NCC(C)C)S(C)(=O)=O. The van der Waals surface area contributed by atoms with Gasteiger partial charge in [-0.3, -0.25) is 13.9 Å². The number of amides is 2. The summed E-state index contributed by atoms with van der Waals surface area (Å²) < 4.78 is 31.6. The molecular weight excluding hydrogens is 478 g/mol. The van der Waals surface area contributed by atoms with Crippen molar-refractivity contribution in [3.8, 4) is 5.75 Å². The molecule has 0 radical (unpaired) electrons. The van der Waals surface area contributed by atoms with Crippen molar-refractivity contribution in [1.82, 2.24) is 10.2 Å². The molecule has 0 unspecified atom stereocenters. The van der Waals surface area contributed by atoms with Gasteiger partial charge in [-0.05, 0) is 43.9 Å². The van der Waals surface area contributed by atoms with Crippen molar-refractivity contribution >= 4 is 27.5 Å². The predicted molar refractivity (Wildman–Crippen MR) is 143 cm³/mol. The van der Waals surface area contributed by atoms with Crippen LogP contribution < -0.4 is 14.4 Å². The van der Waals surface area contributed by atoms with Crippen LogP contribution in [0.1, 0.15) is 44.7 Å². The normalized spacial score (nSPS) is 12.2. The molecule has 2 aromatic carbocycles. The second-order valence-corrected chi connectivity index (χ2v) is 11.3. The molecule has 0 aliphatic carbocycles. The Hall–Kier alpha value is -3.07. The molecule has 0 spiro atoms. The highest BCUT2D eigenvalue weighted by Gasteiger charge is 2.27. The Labute approximate surface area is 215 Å². The van der Waals surface area contributed by atoms with Gasteiger partial charge in [0, 0.05) is 26.1 Å². The van der Waals surface area contributed by atoms with Crippen LogP contribution in [0.3, 0.4) is 0 Å². The van der Waals surface area contributed by atoms with Gasteiger partial charge < -0.3 is 15.0 Å². The van der Waals surface area contributed by atoms with Gasteiger partial charge in [0.05, 0.1) is 19.1 Å². The third kappa shape index (κ3) is 8.55. The van der Waals surface area contributed by atoms with Gasteiger partial charge in [-0.25, -0.2) is 8.42 Å². The number of hydrogen-bond donors (Lipinski definition) is 1. The minimum atomic E-state index is -3.60. The summed E-state index contributed by atoms with van der Waals surface area (Å²) in [7, 11) is -2.12. The van der Waals surface area contributed by atoms with Crippen molar-refractivity contribution in [3.63, 3.8) is 0 Å². The Morgan fingerprint density at radius 3 is 2.36 bits per heavy atom. The lowest BCUT2D eigenvalue weighted by Gasteiger charge is -2.30. The molecule has 0 aliphatic heterocycles. The fourth-order valence-corrected chi connectivity index (χ4v) is 4.83. The quantitative estimate of drug-likeness (QED) is 0.437. The average molecular weight is 518 g/mol. The highest BCUT2D eigenvalue weighted by atomic mass is 32.2. The molecule has 2 amide bonds. The molecule has 0 aliphatic rings. The van der Waals surface area contributed by atoms with Crippen molar-refractivity contribution in [1.29, 1.82) is 0 Å². The van der Waals surface area contributed by atoms with Crippen LogP contribution in [-0.2, 0) is 26.2 Å². The van der Waals surface area contributed by atoms with E-state index in [1.54, 1.807) is 36.1 Å². The molecule has 0 fully saturated rings. The first-order chi connectivity index (χ1) is 16.9. The molecule has 2 aromatic rings. The van der Waals surface area contributed by atoms with E-state index < -0.39 is 16.1 Å². The number of benzene rings is 2. The van der Waals surface area contributed by atoms with Crippen molar-refractivity contribution < 1.29 is 22.7 Å². The average Bonchev–Trinajstić information content (AvgIpc) is 2.82. The Morgan fingerprint density at radius 2 is 1.75 bits per heavy atom. The second-order valence-electron chi connectivity index (χ2n) is 9.44. The number of anilines is 1. The Balaban J connectivity index is 2.19. The predicted octanol–water partition coefficient (Wildman–Crippen LogP) is 3.74. The van der Waals surface area contributed by atoms with Crippen LogP contribution in [0.5, 0.6) is 5.75 Å².